The lowest BCUT2D eigenvalue weighted by Crippen LogP contribution is -2.22. The van der Waals surface area contributed by atoms with Crippen LogP contribution in [0.3, 0.4) is 0 Å². The van der Waals surface area contributed by atoms with Crippen LogP contribution in [-0.4, -0.2) is 24.7 Å². The normalized spacial score (nSPS) is 17.0. The van der Waals surface area contributed by atoms with Crippen LogP contribution in [0.15, 0.2) is 71.7 Å². The number of alkyl halides is 3. The van der Waals surface area contributed by atoms with Crippen LogP contribution in [0, 0.1) is 28.9 Å². The number of ether oxygens (including phenoxy) is 2. The monoisotopic (exact) mass is 528 g/mol. The molecular formula is C28H21F5N2O3. The van der Waals surface area contributed by atoms with E-state index in [0.717, 1.165) is 12.1 Å². The molecule has 196 valence electrons. The van der Waals surface area contributed by atoms with Gasteiger partial charge in [-0.05, 0) is 47.4 Å². The zero-order chi connectivity index (χ0) is 27.3. The van der Waals surface area contributed by atoms with E-state index in [4.69, 9.17) is 10.00 Å². The van der Waals surface area contributed by atoms with Crippen molar-refractivity contribution in [2.45, 2.75) is 31.7 Å². The lowest BCUT2D eigenvalue weighted by Gasteiger charge is -2.17. The number of rotatable bonds is 8. The quantitative estimate of drug-likeness (QED) is 0.181. The first kappa shape index (κ1) is 26.8. The van der Waals surface area contributed by atoms with E-state index in [1.54, 1.807) is 24.3 Å². The van der Waals surface area contributed by atoms with Gasteiger partial charge in [0.1, 0.15) is 17.4 Å². The van der Waals surface area contributed by atoms with Crippen LogP contribution in [0.1, 0.15) is 36.4 Å². The Morgan fingerprint density at radius 1 is 0.974 bits per heavy atom. The maximum atomic E-state index is 14.5. The highest BCUT2D eigenvalue weighted by molar-refractivity contribution is 6.04. The largest absolute Gasteiger partial charge is 0.573 e. The summed E-state index contributed by atoms with van der Waals surface area (Å²) in [6.07, 6.45) is -4.25. The van der Waals surface area contributed by atoms with E-state index in [1.807, 2.05) is 6.07 Å². The Kier molecular flexibility index (Phi) is 8.05. The number of carbonyl (C=O) groups is 1. The maximum Gasteiger partial charge on any atom is 0.573 e. The number of hydrogen-bond donors (Lipinski definition) is 0. The van der Waals surface area contributed by atoms with Crippen molar-refractivity contribution >= 4 is 11.7 Å². The molecule has 3 aromatic rings. The molecule has 38 heavy (non-hydrogen) atoms. The van der Waals surface area contributed by atoms with Crippen molar-refractivity contribution in [1.82, 2.24) is 0 Å². The minimum absolute atomic E-state index is 0.0337. The van der Waals surface area contributed by atoms with Crippen molar-refractivity contribution < 1.29 is 36.2 Å². The number of nitrogens with zero attached hydrogens (tertiary/aromatic N) is 2. The van der Waals surface area contributed by atoms with Crippen LogP contribution in [0.25, 0.3) is 11.1 Å². The Hall–Kier alpha value is -4.26. The molecule has 0 radical (unpaired) electrons. The molecule has 1 aliphatic heterocycles. The molecule has 10 heteroatoms. The molecule has 0 saturated heterocycles. The first-order chi connectivity index (χ1) is 18.2. The summed E-state index contributed by atoms with van der Waals surface area (Å²) in [5, 5.41) is 8.68. The molecule has 0 aromatic heterocycles. The fourth-order valence-electron chi connectivity index (χ4n) is 4.24. The molecule has 1 heterocycles. The van der Waals surface area contributed by atoms with Crippen molar-refractivity contribution in [3.63, 3.8) is 0 Å². The zero-order valence-corrected chi connectivity index (χ0v) is 19.8. The number of nitriles is 1. The van der Waals surface area contributed by atoms with Gasteiger partial charge in [-0.1, -0.05) is 42.5 Å². The number of benzene rings is 3. The summed E-state index contributed by atoms with van der Waals surface area (Å²) in [6, 6.07) is 16.8. The third-order valence-corrected chi connectivity index (χ3v) is 5.99. The summed E-state index contributed by atoms with van der Waals surface area (Å²) in [6.45, 7) is 0.0337. The third-order valence-electron chi connectivity index (χ3n) is 5.99. The molecule has 2 atom stereocenters. The average Bonchev–Trinajstić information content (AvgIpc) is 3.31. The number of aliphatic imine (C=N–C) groups is 1. The van der Waals surface area contributed by atoms with Gasteiger partial charge in [-0.3, -0.25) is 9.79 Å². The Labute approximate surface area is 215 Å². The standard InChI is InChI=1S/C28H21F5N2O3/c29-22-4-3-5-23(30)25(22)24-16-21(27(36)37-15-2-1-14-34)26(35-24)19-8-6-17(7-9-19)18-10-12-20(13-11-18)38-28(31,32)33/h3-13,21,26H,1-2,15-16H2/t21-,26-/m0/s1. The first-order valence-corrected chi connectivity index (χ1v) is 11.7. The Morgan fingerprint density at radius 2 is 1.58 bits per heavy atom. The number of unbranched alkanes of at least 4 members (excludes halogenated alkanes) is 1. The first-order valence-electron chi connectivity index (χ1n) is 11.7. The van der Waals surface area contributed by atoms with E-state index in [2.05, 4.69) is 9.73 Å². The van der Waals surface area contributed by atoms with Gasteiger partial charge in [0, 0.05) is 18.6 Å². The number of carbonyl (C=O) groups excluding carboxylic acids is 1. The summed E-state index contributed by atoms with van der Waals surface area (Å²) in [7, 11) is 0. The van der Waals surface area contributed by atoms with E-state index in [1.165, 1.54) is 30.3 Å². The fraction of sp³-hybridized carbons (Fsp3) is 0.250. The number of hydrogen-bond acceptors (Lipinski definition) is 5. The zero-order valence-electron chi connectivity index (χ0n) is 19.8. The molecule has 4 rings (SSSR count). The number of esters is 1. The fourth-order valence-corrected chi connectivity index (χ4v) is 4.24. The Bertz CT molecular complexity index is 1340. The SMILES string of the molecule is N#CCCCOC(=O)[C@H]1CC(c2c(F)cccc2F)=N[C@H]1c1ccc(-c2ccc(OC(F)(F)F)cc2)cc1. The van der Waals surface area contributed by atoms with Gasteiger partial charge in [0.2, 0.25) is 0 Å². The summed E-state index contributed by atoms with van der Waals surface area (Å²) >= 11 is 0. The molecule has 1 aliphatic rings. The highest BCUT2D eigenvalue weighted by atomic mass is 19.4. The van der Waals surface area contributed by atoms with Crippen LogP contribution in [0.5, 0.6) is 5.75 Å². The minimum Gasteiger partial charge on any atom is -0.465 e. The molecule has 5 nitrogen and oxygen atoms in total. The molecule has 0 unspecified atom stereocenters. The topological polar surface area (TPSA) is 71.7 Å². The average molecular weight is 528 g/mol. The highest BCUT2D eigenvalue weighted by Gasteiger charge is 2.39. The molecule has 0 amide bonds. The summed E-state index contributed by atoms with van der Waals surface area (Å²) in [4.78, 5) is 17.4. The van der Waals surface area contributed by atoms with Gasteiger partial charge in [-0.2, -0.15) is 5.26 Å². The van der Waals surface area contributed by atoms with Gasteiger partial charge in [-0.15, -0.1) is 13.2 Å². The smallest absolute Gasteiger partial charge is 0.465 e. The molecule has 3 aromatic carbocycles. The highest BCUT2D eigenvalue weighted by Crippen LogP contribution is 2.39. The predicted octanol–water partition coefficient (Wildman–Crippen LogP) is 6.93. The van der Waals surface area contributed by atoms with E-state index in [0.29, 0.717) is 23.1 Å². The van der Waals surface area contributed by atoms with Crippen LogP contribution in [0.2, 0.25) is 0 Å². The van der Waals surface area contributed by atoms with E-state index < -0.39 is 35.9 Å². The van der Waals surface area contributed by atoms with Gasteiger partial charge < -0.3 is 9.47 Å². The number of halogens is 5. The van der Waals surface area contributed by atoms with Crippen LogP contribution in [-0.2, 0) is 9.53 Å². The van der Waals surface area contributed by atoms with Crippen molar-refractivity contribution in [3.05, 3.63) is 89.5 Å². The van der Waals surface area contributed by atoms with Gasteiger partial charge in [-0.25, -0.2) is 8.78 Å². The van der Waals surface area contributed by atoms with E-state index in [9.17, 15) is 26.7 Å². The van der Waals surface area contributed by atoms with Crippen molar-refractivity contribution in [1.29, 1.82) is 5.26 Å². The third kappa shape index (κ3) is 6.35. The maximum absolute atomic E-state index is 14.5. The Balaban J connectivity index is 1.59. The van der Waals surface area contributed by atoms with Crippen molar-refractivity contribution in [2.75, 3.05) is 6.61 Å². The molecule has 0 fully saturated rings. The van der Waals surface area contributed by atoms with Gasteiger partial charge in [0.05, 0.1) is 30.2 Å². The van der Waals surface area contributed by atoms with Crippen molar-refractivity contribution in [2.24, 2.45) is 10.9 Å². The summed E-state index contributed by atoms with van der Waals surface area (Å²) in [5.41, 5.74) is 1.72. The molecule has 0 saturated carbocycles. The van der Waals surface area contributed by atoms with Crippen molar-refractivity contribution in [3.8, 4) is 22.9 Å². The lowest BCUT2D eigenvalue weighted by atomic mass is 9.90. The molecule has 0 spiro atoms. The second kappa shape index (κ2) is 11.4. The van der Waals surface area contributed by atoms with Gasteiger partial charge in [0.25, 0.3) is 0 Å². The predicted molar refractivity (Wildman–Crippen MR) is 128 cm³/mol. The van der Waals surface area contributed by atoms with Crippen LogP contribution >= 0.6 is 0 Å². The molecule has 0 bridgehead atoms. The van der Waals surface area contributed by atoms with Gasteiger partial charge >= 0.3 is 12.3 Å². The van der Waals surface area contributed by atoms with Crippen LogP contribution in [0.4, 0.5) is 22.0 Å². The lowest BCUT2D eigenvalue weighted by molar-refractivity contribution is -0.274. The van der Waals surface area contributed by atoms with Gasteiger partial charge in [0.15, 0.2) is 0 Å². The molecule has 0 aliphatic carbocycles. The summed E-state index contributed by atoms with van der Waals surface area (Å²) < 4.78 is 75.4. The molecular weight excluding hydrogens is 507 g/mol. The second-order valence-electron chi connectivity index (χ2n) is 8.55. The second-order valence-corrected chi connectivity index (χ2v) is 8.55. The minimum atomic E-state index is -4.79. The van der Waals surface area contributed by atoms with E-state index in [-0.39, 0.29) is 36.5 Å². The summed E-state index contributed by atoms with van der Waals surface area (Å²) in [5.74, 6) is -3.36. The van der Waals surface area contributed by atoms with E-state index >= 15 is 0 Å². The van der Waals surface area contributed by atoms with Crippen LogP contribution < -0.4 is 4.74 Å². The molecule has 0 N–H and O–H groups in total. The Morgan fingerprint density at radius 3 is 2.16 bits per heavy atom.